The number of carboxylic acids is 1. The van der Waals surface area contributed by atoms with Crippen LogP contribution in [0.2, 0.25) is 0 Å². The molecule has 2 aromatic rings. The zero-order chi connectivity index (χ0) is 15.6. The lowest BCUT2D eigenvalue weighted by Crippen LogP contribution is -2.28. The van der Waals surface area contributed by atoms with Crippen LogP contribution in [0.4, 0.5) is 4.39 Å². The molecular formula is C15H11FN2O3. The minimum Gasteiger partial charge on any atom is -0.477 e. The second-order valence-corrected chi connectivity index (χ2v) is 4.50. The van der Waals surface area contributed by atoms with Crippen molar-refractivity contribution in [1.82, 2.24) is 4.57 Å². The minimum absolute atomic E-state index is 0.0939. The Hall–Kier alpha value is -2.94. The Morgan fingerprint density at radius 2 is 2.10 bits per heavy atom. The second kappa shape index (κ2) is 5.59. The van der Waals surface area contributed by atoms with Gasteiger partial charge < -0.3 is 9.67 Å². The van der Waals surface area contributed by atoms with Crippen molar-refractivity contribution >= 4 is 5.97 Å². The lowest BCUT2D eigenvalue weighted by Gasteiger charge is -2.11. The number of halogens is 1. The molecule has 21 heavy (non-hydrogen) atoms. The Labute approximate surface area is 119 Å². The summed E-state index contributed by atoms with van der Waals surface area (Å²) in [7, 11) is 0. The highest BCUT2D eigenvalue weighted by atomic mass is 19.1. The van der Waals surface area contributed by atoms with Gasteiger partial charge in [-0.2, -0.15) is 5.26 Å². The van der Waals surface area contributed by atoms with Gasteiger partial charge in [0, 0.05) is 11.3 Å². The van der Waals surface area contributed by atoms with Crippen LogP contribution in [0.15, 0.2) is 35.1 Å². The van der Waals surface area contributed by atoms with Crippen molar-refractivity contribution in [2.75, 3.05) is 0 Å². The molecule has 0 unspecified atom stereocenters. The smallest absolute Gasteiger partial charge is 0.341 e. The monoisotopic (exact) mass is 286 g/mol. The average Bonchev–Trinajstić information content (AvgIpc) is 2.44. The maximum Gasteiger partial charge on any atom is 0.341 e. The lowest BCUT2D eigenvalue weighted by molar-refractivity contribution is 0.0694. The number of aryl methyl sites for hydroxylation is 1. The highest BCUT2D eigenvalue weighted by Gasteiger charge is 2.14. The van der Waals surface area contributed by atoms with Gasteiger partial charge in [-0.05, 0) is 31.2 Å². The Morgan fingerprint density at radius 1 is 1.38 bits per heavy atom. The summed E-state index contributed by atoms with van der Waals surface area (Å²) in [5, 5.41) is 17.6. The van der Waals surface area contributed by atoms with Crippen LogP contribution in [0, 0.1) is 24.1 Å². The number of aromatic carboxylic acids is 1. The number of nitrogens with zero attached hydrogens (tertiary/aromatic N) is 2. The molecule has 5 nitrogen and oxygen atoms in total. The molecule has 0 radical (unpaired) electrons. The minimum atomic E-state index is -1.32. The van der Waals surface area contributed by atoms with Crippen LogP contribution in [0.25, 0.3) is 0 Å². The molecule has 0 bridgehead atoms. The number of aromatic nitrogens is 1. The van der Waals surface area contributed by atoms with Crippen LogP contribution in [0.1, 0.15) is 27.2 Å². The highest BCUT2D eigenvalue weighted by Crippen LogP contribution is 2.12. The summed E-state index contributed by atoms with van der Waals surface area (Å²) < 4.78 is 15.1. The summed E-state index contributed by atoms with van der Waals surface area (Å²) in [6.07, 6.45) is 0. The fourth-order valence-electron chi connectivity index (χ4n) is 1.95. The number of benzene rings is 1. The highest BCUT2D eigenvalue weighted by molar-refractivity contribution is 5.87. The van der Waals surface area contributed by atoms with Crippen molar-refractivity contribution < 1.29 is 14.3 Å². The van der Waals surface area contributed by atoms with Gasteiger partial charge in [-0.15, -0.1) is 0 Å². The Balaban J connectivity index is 2.50. The predicted molar refractivity (Wildman–Crippen MR) is 72.6 cm³/mol. The summed E-state index contributed by atoms with van der Waals surface area (Å²) >= 11 is 0. The van der Waals surface area contributed by atoms with Crippen LogP contribution in [0.5, 0.6) is 0 Å². The predicted octanol–water partition coefficient (Wildman–Crippen LogP) is 1.91. The zero-order valence-electron chi connectivity index (χ0n) is 11.1. The summed E-state index contributed by atoms with van der Waals surface area (Å²) in [6.45, 7) is 1.54. The van der Waals surface area contributed by atoms with Gasteiger partial charge in [0.2, 0.25) is 0 Å². The molecule has 0 saturated heterocycles. The molecule has 106 valence electrons. The van der Waals surface area contributed by atoms with Crippen molar-refractivity contribution in [2.45, 2.75) is 13.5 Å². The number of carbonyl (C=O) groups is 1. The molecule has 0 fully saturated rings. The Bertz CT molecular complexity index is 819. The first-order valence-corrected chi connectivity index (χ1v) is 6.06. The van der Waals surface area contributed by atoms with Gasteiger partial charge in [0.15, 0.2) is 0 Å². The van der Waals surface area contributed by atoms with E-state index >= 15 is 0 Å². The van der Waals surface area contributed by atoms with Gasteiger partial charge in [-0.1, -0.05) is 6.07 Å². The van der Waals surface area contributed by atoms with Crippen LogP contribution >= 0.6 is 0 Å². The number of carboxylic acid groups (broad SMARTS) is 1. The van der Waals surface area contributed by atoms with E-state index in [1.807, 2.05) is 6.07 Å². The molecule has 0 aliphatic heterocycles. The van der Waals surface area contributed by atoms with E-state index in [-0.39, 0.29) is 23.2 Å². The van der Waals surface area contributed by atoms with Crippen LogP contribution < -0.4 is 5.56 Å². The molecule has 1 aromatic heterocycles. The van der Waals surface area contributed by atoms with E-state index < -0.39 is 17.3 Å². The number of pyridine rings is 1. The second-order valence-electron chi connectivity index (χ2n) is 4.50. The topological polar surface area (TPSA) is 83.1 Å². The fraction of sp³-hybridized carbons (Fsp3) is 0.133. The zero-order valence-corrected chi connectivity index (χ0v) is 11.1. The third-order valence-corrected chi connectivity index (χ3v) is 3.13. The molecule has 0 atom stereocenters. The number of hydrogen-bond donors (Lipinski definition) is 1. The molecule has 0 saturated carbocycles. The van der Waals surface area contributed by atoms with Gasteiger partial charge in [0.1, 0.15) is 11.4 Å². The summed E-state index contributed by atoms with van der Waals surface area (Å²) in [6, 6.07) is 8.47. The van der Waals surface area contributed by atoms with Crippen molar-refractivity contribution in [3.05, 3.63) is 68.9 Å². The largest absolute Gasteiger partial charge is 0.477 e. The van der Waals surface area contributed by atoms with E-state index in [0.29, 0.717) is 5.69 Å². The summed E-state index contributed by atoms with van der Waals surface area (Å²) in [5.41, 5.74) is -0.143. The molecule has 0 spiro atoms. The SMILES string of the molecule is Cc1ccc(C(=O)O)c(=O)n1Cc1ccc(C#N)cc1F. The fourth-order valence-corrected chi connectivity index (χ4v) is 1.95. The van der Waals surface area contributed by atoms with E-state index in [2.05, 4.69) is 0 Å². The maximum absolute atomic E-state index is 13.9. The summed E-state index contributed by atoms with van der Waals surface area (Å²) in [5.74, 6) is -1.94. The van der Waals surface area contributed by atoms with Crippen LogP contribution in [0.3, 0.4) is 0 Å². The normalized spacial score (nSPS) is 10.1. The van der Waals surface area contributed by atoms with Crippen LogP contribution in [-0.4, -0.2) is 15.6 Å². The van der Waals surface area contributed by atoms with E-state index in [9.17, 15) is 14.0 Å². The third-order valence-electron chi connectivity index (χ3n) is 3.13. The lowest BCUT2D eigenvalue weighted by atomic mass is 10.1. The quantitative estimate of drug-likeness (QED) is 0.934. The van der Waals surface area contributed by atoms with Crippen molar-refractivity contribution in [1.29, 1.82) is 5.26 Å². The van der Waals surface area contributed by atoms with Gasteiger partial charge in [0.05, 0.1) is 18.2 Å². The first-order chi connectivity index (χ1) is 9.93. The maximum atomic E-state index is 13.9. The molecule has 0 aliphatic carbocycles. The molecule has 0 aliphatic rings. The number of rotatable bonds is 3. The molecule has 0 amide bonds. The van der Waals surface area contributed by atoms with Gasteiger partial charge in [-0.3, -0.25) is 4.79 Å². The standard InChI is InChI=1S/C15H11FN2O3/c1-9-2-5-12(15(20)21)14(19)18(9)8-11-4-3-10(7-17)6-13(11)16/h2-6H,8H2,1H3,(H,20,21). The van der Waals surface area contributed by atoms with E-state index in [4.69, 9.17) is 10.4 Å². The molecule has 1 aromatic carbocycles. The first kappa shape index (κ1) is 14.5. The van der Waals surface area contributed by atoms with Gasteiger partial charge in [-0.25, -0.2) is 9.18 Å². The van der Waals surface area contributed by atoms with Gasteiger partial charge >= 0.3 is 5.97 Å². The number of nitriles is 1. The van der Waals surface area contributed by atoms with E-state index in [1.54, 1.807) is 6.92 Å². The molecular weight excluding hydrogens is 275 g/mol. The van der Waals surface area contributed by atoms with E-state index in [1.165, 1.54) is 28.8 Å². The third kappa shape index (κ3) is 2.82. The molecule has 6 heteroatoms. The summed E-state index contributed by atoms with van der Waals surface area (Å²) in [4.78, 5) is 23.0. The molecule has 1 N–H and O–H groups in total. The Morgan fingerprint density at radius 3 is 2.67 bits per heavy atom. The first-order valence-electron chi connectivity index (χ1n) is 6.06. The molecule has 1 heterocycles. The van der Waals surface area contributed by atoms with Gasteiger partial charge in [0.25, 0.3) is 5.56 Å². The van der Waals surface area contributed by atoms with Crippen molar-refractivity contribution in [3.8, 4) is 6.07 Å². The van der Waals surface area contributed by atoms with E-state index in [0.717, 1.165) is 6.07 Å². The molecule has 2 rings (SSSR count). The van der Waals surface area contributed by atoms with Crippen LogP contribution in [-0.2, 0) is 6.54 Å². The number of hydrogen-bond acceptors (Lipinski definition) is 3. The average molecular weight is 286 g/mol. The van der Waals surface area contributed by atoms with Crippen molar-refractivity contribution in [2.24, 2.45) is 0 Å². The van der Waals surface area contributed by atoms with Crippen molar-refractivity contribution in [3.63, 3.8) is 0 Å². The Kier molecular flexibility index (Phi) is 3.85.